The lowest BCUT2D eigenvalue weighted by Crippen LogP contribution is -2.09. The monoisotopic (exact) mass is 259 g/mol. The molecule has 0 aliphatic rings. The highest BCUT2D eigenvalue weighted by atomic mass is 19.1. The highest BCUT2D eigenvalue weighted by Gasteiger charge is 2.10. The molecule has 2 aromatic rings. The molecule has 2 rings (SSSR count). The second-order valence-corrected chi connectivity index (χ2v) is 4.69. The summed E-state index contributed by atoms with van der Waals surface area (Å²) in [5, 5.41) is 0. The highest BCUT2D eigenvalue weighted by molar-refractivity contribution is 5.36. The molecule has 0 heterocycles. The molecule has 0 unspecified atom stereocenters. The number of nitrogens with two attached hydrogens (primary N) is 1. The van der Waals surface area contributed by atoms with E-state index in [-0.39, 0.29) is 11.9 Å². The summed E-state index contributed by atoms with van der Waals surface area (Å²) in [7, 11) is 0. The first-order valence-electron chi connectivity index (χ1n) is 6.30. The molecular weight excluding hydrogens is 241 g/mol. The topological polar surface area (TPSA) is 35.2 Å². The van der Waals surface area contributed by atoms with Crippen molar-refractivity contribution in [2.75, 3.05) is 0 Å². The Kier molecular flexibility index (Phi) is 4.17. The van der Waals surface area contributed by atoms with E-state index in [0.717, 1.165) is 5.56 Å². The lowest BCUT2D eigenvalue weighted by molar-refractivity contribution is 0.300. The molecule has 0 aliphatic heterocycles. The SMILES string of the molecule is Cc1ccccc1COc1ccc(F)cc1[C@@H](C)N. The Hall–Kier alpha value is -1.87. The molecule has 0 bridgehead atoms. The van der Waals surface area contributed by atoms with Crippen LogP contribution in [0.2, 0.25) is 0 Å². The number of aryl methyl sites for hydroxylation is 1. The molecule has 0 amide bonds. The summed E-state index contributed by atoms with van der Waals surface area (Å²) in [5.74, 6) is 0.343. The van der Waals surface area contributed by atoms with Gasteiger partial charge in [-0.3, -0.25) is 0 Å². The predicted molar refractivity (Wildman–Crippen MR) is 74.5 cm³/mol. The molecule has 0 radical (unpaired) electrons. The van der Waals surface area contributed by atoms with Crippen LogP contribution < -0.4 is 10.5 Å². The third kappa shape index (κ3) is 3.32. The van der Waals surface area contributed by atoms with Crippen molar-refractivity contribution in [3.05, 3.63) is 65.0 Å². The second-order valence-electron chi connectivity index (χ2n) is 4.69. The van der Waals surface area contributed by atoms with Gasteiger partial charge in [0.05, 0.1) is 0 Å². The maximum Gasteiger partial charge on any atom is 0.124 e. The minimum atomic E-state index is -0.296. The van der Waals surface area contributed by atoms with E-state index < -0.39 is 0 Å². The van der Waals surface area contributed by atoms with Crippen LogP contribution >= 0.6 is 0 Å². The van der Waals surface area contributed by atoms with Gasteiger partial charge >= 0.3 is 0 Å². The third-order valence-electron chi connectivity index (χ3n) is 3.11. The van der Waals surface area contributed by atoms with Crippen molar-refractivity contribution in [2.24, 2.45) is 5.73 Å². The summed E-state index contributed by atoms with van der Waals surface area (Å²) in [5.41, 5.74) is 8.81. The van der Waals surface area contributed by atoms with Gasteiger partial charge in [0, 0.05) is 11.6 Å². The van der Waals surface area contributed by atoms with Crippen LogP contribution in [0.1, 0.15) is 29.7 Å². The molecule has 0 saturated carbocycles. The average molecular weight is 259 g/mol. The number of hydrogen-bond acceptors (Lipinski definition) is 2. The minimum Gasteiger partial charge on any atom is -0.489 e. The molecule has 0 fully saturated rings. The number of ether oxygens (including phenoxy) is 1. The lowest BCUT2D eigenvalue weighted by Gasteiger charge is -2.15. The fraction of sp³-hybridized carbons (Fsp3) is 0.250. The van der Waals surface area contributed by atoms with Crippen LogP contribution in [0.15, 0.2) is 42.5 Å². The zero-order valence-electron chi connectivity index (χ0n) is 11.2. The van der Waals surface area contributed by atoms with Crippen molar-refractivity contribution in [3.8, 4) is 5.75 Å². The van der Waals surface area contributed by atoms with E-state index in [1.54, 1.807) is 6.07 Å². The Balaban J connectivity index is 2.18. The van der Waals surface area contributed by atoms with Crippen LogP contribution in [-0.4, -0.2) is 0 Å². The van der Waals surface area contributed by atoms with Gasteiger partial charge in [-0.05, 0) is 43.2 Å². The molecule has 3 heteroatoms. The molecule has 0 spiro atoms. The van der Waals surface area contributed by atoms with Crippen molar-refractivity contribution in [3.63, 3.8) is 0 Å². The normalized spacial score (nSPS) is 12.2. The fourth-order valence-electron chi connectivity index (χ4n) is 1.93. The molecule has 2 aromatic carbocycles. The van der Waals surface area contributed by atoms with Gasteiger partial charge in [0.25, 0.3) is 0 Å². The molecular formula is C16H18FNO. The first-order chi connectivity index (χ1) is 9.08. The van der Waals surface area contributed by atoms with Crippen LogP contribution in [0.3, 0.4) is 0 Å². The molecule has 2 N–H and O–H groups in total. The molecule has 0 saturated heterocycles. The van der Waals surface area contributed by atoms with E-state index in [0.29, 0.717) is 17.9 Å². The third-order valence-corrected chi connectivity index (χ3v) is 3.11. The van der Waals surface area contributed by atoms with Crippen molar-refractivity contribution >= 4 is 0 Å². The summed E-state index contributed by atoms with van der Waals surface area (Å²) < 4.78 is 19.0. The van der Waals surface area contributed by atoms with Crippen LogP contribution in [0.5, 0.6) is 5.75 Å². The van der Waals surface area contributed by atoms with Crippen LogP contribution in [0, 0.1) is 12.7 Å². The Labute approximate surface area is 113 Å². The van der Waals surface area contributed by atoms with Gasteiger partial charge in [-0.1, -0.05) is 24.3 Å². The van der Waals surface area contributed by atoms with Crippen LogP contribution in [-0.2, 0) is 6.61 Å². The smallest absolute Gasteiger partial charge is 0.124 e. The van der Waals surface area contributed by atoms with Gasteiger partial charge in [0.1, 0.15) is 18.2 Å². The van der Waals surface area contributed by atoms with Gasteiger partial charge < -0.3 is 10.5 Å². The zero-order chi connectivity index (χ0) is 13.8. The molecule has 1 atom stereocenters. The van der Waals surface area contributed by atoms with Crippen LogP contribution in [0.4, 0.5) is 4.39 Å². The average Bonchev–Trinajstić information content (AvgIpc) is 2.38. The van der Waals surface area contributed by atoms with Crippen molar-refractivity contribution in [2.45, 2.75) is 26.5 Å². The Morgan fingerprint density at radius 2 is 1.95 bits per heavy atom. The minimum absolute atomic E-state index is 0.262. The number of hydrogen-bond donors (Lipinski definition) is 1. The number of halogens is 1. The van der Waals surface area contributed by atoms with E-state index in [2.05, 4.69) is 0 Å². The van der Waals surface area contributed by atoms with Crippen molar-refractivity contribution in [1.29, 1.82) is 0 Å². The number of benzene rings is 2. The van der Waals surface area contributed by atoms with Gasteiger partial charge in [0.2, 0.25) is 0 Å². The fourth-order valence-corrected chi connectivity index (χ4v) is 1.93. The van der Waals surface area contributed by atoms with E-state index in [4.69, 9.17) is 10.5 Å². The molecule has 19 heavy (non-hydrogen) atoms. The second kappa shape index (κ2) is 5.85. The lowest BCUT2D eigenvalue weighted by atomic mass is 10.1. The molecule has 100 valence electrons. The predicted octanol–water partition coefficient (Wildman–Crippen LogP) is 3.73. The summed E-state index contributed by atoms with van der Waals surface area (Å²) in [6, 6.07) is 12.2. The Bertz CT molecular complexity index is 566. The molecule has 0 aliphatic carbocycles. The first kappa shape index (κ1) is 13.6. The van der Waals surface area contributed by atoms with Crippen molar-refractivity contribution in [1.82, 2.24) is 0 Å². The quantitative estimate of drug-likeness (QED) is 0.908. The van der Waals surface area contributed by atoms with Crippen molar-refractivity contribution < 1.29 is 9.13 Å². The maximum atomic E-state index is 13.2. The van der Waals surface area contributed by atoms with E-state index in [1.807, 2.05) is 38.1 Å². The molecule has 0 aromatic heterocycles. The number of rotatable bonds is 4. The van der Waals surface area contributed by atoms with Gasteiger partial charge in [-0.15, -0.1) is 0 Å². The zero-order valence-corrected chi connectivity index (χ0v) is 11.2. The van der Waals surface area contributed by atoms with E-state index in [9.17, 15) is 4.39 Å². The van der Waals surface area contributed by atoms with E-state index in [1.165, 1.54) is 17.7 Å². The summed E-state index contributed by atoms with van der Waals surface area (Å²) in [6.45, 7) is 4.31. The standard InChI is InChI=1S/C16H18FNO/c1-11-5-3-4-6-13(11)10-19-16-8-7-14(17)9-15(16)12(2)18/h3-9,12H,10,18H2,1-2H3/t12-/m1/s1. The summed E-state index contributed by atoms with van der Waals surface area (Å²) in [6.07, 6.45) is 0. The van der Waals surface area contributed by atoms with Crippen LogP contribution in [0.25, 0.3) is 0 Å². The Morgan fingerprint density at radius 3 is 2.63 bits per heavy atom. The summed E-state index contributed by atoms with van der Waals surface area (Å²) in [4.78, 5) is 0. The summed E-state index contributed by atoms with van der Waals surface area (Å²) >= 11 is 0. The maximum absolute atomic E-state index is 13.2. The van der Waals surface area contributed by atoms with Gasteiger partial charge in [-0.2, -0.15) is 0 Å². The largest absolute Gasteiger partial charge is 0.489 e. The Morgan fingerprint density at radius 1 is 1.21 bits per heavy atom. The van der Waals surface area contributed by atoms with Gasteiger partial charge in [0.15, 0.2) is 0 Å². The van der Waals surface area contributed by atoms with Gasteiger partial charge in [-0.25, -0.2) is 4.39 Å². The van der Waals surface area contributed by atoms with E-state index >= 15 is 0 Å². The molecule has 2 nitrogen and oxygen atoms in total. The first-order valence-corrected chi connectivity index (χ1v) is 6.30. The highest BCUT2D eigenvalue weighted by Crippen LogP contribution is 2.25.